The molecule has 2 rings (SSSR count). The van der Waals surface area contributed by atoms with Crippen molar-refractivity contribution in [1.29, 1.82) is 0 Å². The summed E-state index contributed by atoms with van der Waals surface area (Å²) in [7, 11) is 0. The second-order valence-corrected chi connectivity index (χ2v) is 3.71. The number of rotatable bonds is 4. The topological polar surface area (TPSA) is 37.8 Å². The molecule has 0 aliphatic carbocycles. The molecule has 1 N–H and O–H groups in total. The first-order chi connectivity index (χ1) is 7.86. The van der Waals surface area contributed by atoms with E-state index in [1.165, 1.54) is 5.56 Å². The fraction of sp³-hybridized carbons (Fsp3) is 0.231. The second kappa shape index (κ2) is 5.37. The number of hydrogen-bond acceptors (Lipinski definition) is 3. The lowest BCUT2D eigenvalue weighted by Crippen LogP contribution is -2.18. The van der Waals surface area contributed by atoms with Crippen LogP contribution in [0.2, 0.25) is 0 Å². The quantitative estimate of drug-likeness (QED) is 0.847. The first-order valence-corrected chi connectivity index (χ1v) is 5.39. The van der Waals surface area contributed by atoms with Crippen molar-refractivity contribution in [2.75, 3.05) is 0 Å². The Morgan fingerprint density at radius 2 is 2.00 bits per heavy atom. The SMILES string of the molecule is CC(NCc1ccncn1)c1ccccc1. The van der Waals surface area contributed by atoms with E-state index in [4.69, 9.17) is 0 Å². The molecule has 1 atom stereocenters. The smallest absolute Gasteiger partial charge is 0.115 e. The lowest BCUT2D eigenvalue weighted by Gasteiger charge is -2.13. The highest BCUT2D eigenvalue weighted by Gasteiger charge is 2.03. The molecule has 3 heteroatoms. The minimum absolute atomic E-state index is 0.330. The van der Waals surface area contributed by atoms with Crippen molar-refractivity contribution in [3.05, 3.63) is 60.2 Å². The maximum absolute atomic E-state index is 4.17. The summed E-state index contributed by atoms with van der Waals surface area (Å²) in [5.74, 6) is 0. The van der Waals surface area contributed by atoms with Gasteiger partial charge in [0, 0.05) is 18.8 Å². The average Bonchev–Trinajstić information content (AvgIpc) is 2.38. The predicted octanol–water partition coefficient (Wildman–Crippen LogP) is 2.33. The normalized spacial score (nSPS) is 12.3. The largest absolute Gasteiger partial charge is 0.305 e. The Hall–Kier alpha value is -1.74. The monoisotopic (exact) mass is 213 g/mol. The van der Waals surface area contributed by atoms with Crippen LogP contribution in [-0.4, -0.2) is 9.97 Å². The molecule has 3 nitrogen and oxygen atoms in total. The van der Waals surface area contributed by atoms with E-state index < -0.39 is 0 Å². The van der Waals surface area contributed by atoms with Crippen LogP contribution >= 0.6 is 0 Å². The third kappa shape index (κ3) is 2.87. The van der Waals surface area contributed by atoms with E-state index >= 15 is 0 Å². The van der Waals surface area contributed by atoms with Crippen LogP contribution in [0.5, 0.6) is 0 Å². The summed E-state index contributed by atoms with van der Waals surface area (Å²) >= 11 is 0. The maximum Gasteiger partial charge on any atom is 0.115 e. The van der Waals surface area contributed by atoms with E-state index in [2.05, 4.69) is 46.5 Å². The fourth-order valence-electron chi connectivity index (χ4n) is 1.54. The molecule has 1 aromatic heterocycles. The summed E-state index contributed by atoms with van der Waals surface area (Å²) in [6.07, 6.45) is 3.33. The molecule has 0 amide bonds. The first kappa shape index (κ1) is 10.8. The van der Waals surface area contributed by atoms with Crippen molar-refractivity contribution in [3.8, 4) is 0 Å². The lowest BCUT2D eigenvalue weighted by atomic mass is 10.1. The zero-order chi connectivity index (χ0) is 11.2. The third-order valence-electron chi connectivity index (χ3n) is 2.53. The highest BCUT2D eigenvalue weighted by molar-refractivity contribution is 5.18. The van der Waals surface area contributed by atoms with Crippen molar-refractivity contribution in [3.63, 3.8) is 0 Å². The molecule has 2 aromatic rings. The number of nitrogens with one attached hydrogen (secondary N) is 1. The van der Waals surface area contributed by atoms with E-state index in [0.29, 0.717) is 6.04 Å². The zero-order valence-corrected chi connectivity index (χ0v) is 9.30. The van der Waals surface area contributed by atoms with Gasteiger partial charge in [-0.15, -0.1) is 0 Å². The lowest BCUT2D eigenvalue weighted by molar-refractivity contribution is 0.567. The second-order valence-electron chi connectivity index (χ2n) is 3.71. The number of nitrogens with zero attached hydrogens (tertiary/aromatic N) is 2. The first-order valence-electron chi connectivity index (χ1n) is 5.39. The standard InChI is InChI=1S/C13H15N3/c1-11(12-5-3-2-4-6-12)15-9-13-7-8-14-10-16-13/h2-8,10-11,15H,9H2,1H3. The summed E-state index contributed by atoms with van der Waals surface area (Å²) in [5.41, 5.74) is 2.30. The van der Waals surface area contributed by atoms with Crippen LogP contribution in [0, 0.1) is 0 Å². The van der Waals surface area contributed by atoms with Crippen LogP contribution < -0.4 is 5.32 Å². The maximum atomic E-state index is 4.17. The Morgan fingerprint density at radius 3 is 2.69 bits per heavy atom. The van der Waals surface area contributed by atoms with Crippen molar-refractivity contribution in [1.82, 2.24) is 15.3 Å². The molecule has 0 aliphatic heterocycles. The highest BCUT2D eigenvalue weighted by atomic mass is 14.9. The van der Waals surface area contributed by atoms with E-state index in [0.717, 1.165) is 12.2 Å². The van der Waals surface area contributed by atoms with Gasteiger partial charge in [0.15, 0.2) is 0 Å². The minimum atomic E-state index is 0.330. The molecule has 0 aliphatic rings. The van der Waals surface area contributed by atoms with Gasteiger partial charge < -0.3 is 5.32 Å². The molecular weight excluding hydrogens is 198 g/mol. The number of aromatic nitrogens is 2. The Balaban J connectivity index is 1.92. The van der Waals surface area contributed by atoms with Gasteiger partial charge in [-0.05, 0) is 18.6 Å². The minimum Gasteiger partial charge on any atom is -0.305 e. The van der Waals surface area contributed by atoms with Gasteiger partial charge in [-0.3, -0.25) is 0 Å². The Bertz CT molecular complexity index is 414. The zero-order valence-electron chi connectivity index (χ0n) is 9.30. The highest BCUT2D eigenvalue weighted by Crippen LogP contribution is 2.11. The van der Waals surface area contributed by atoms with Gasteiger partial charge in [0.2, 0.25) is 0 Å². The summed E-state index contributed by atoms with van der Waals surface area (Å²) < 4.78 is 0. The van der Waals surface area contributed by atoms with Crippen molar-refractivity contribution < 1.29 is 0 Å². The summed E-state index contributed by atoms with van der Waals surface area (Å²) in [4.78, 5) is 8.06. The van der Waals surface area contributed by atoms with Crippen molar-refractivity contribution in [2.45, 2.75) is 19.5 Å². The molecule has 0 saturated carbocycles. The van der Waals surface area contributed by atoms with Gasteiger partial charge in [0.25, 0.3) is 0 Å². The summed E-state index contributed by atoms with van der Waals surface area (Å²) in [6.45, 7) is 2.91. The predicted molar refractivity (Wildman–Crippen MR) is 63.7 cm³/mol. The van der Waals surface area contributed by atoms with Gasteiger partial charge in [-0.1, -0.05) is 30.3 Å². The molecule has 0 radical (unpaired) electrons. The molecule has 0 bridgehead atoms. The molecule has 1 heterocycles. The van der Waals surface area contributed by atoms with Gasteiger partial charge in [-0.25, -0.2) is 9.97 Å². The fourth-order valence-corrected chi connectivity index (χ4v) is 1.54. The van der Waals surface area contributed by atoms with Gasteiger partial charge in [0.1, 0.15) is 6.33 Å². The van der Waals surface area contributed by atoms with E-state index in [1.807, 2.05) is 12.1 Å². The summed E-state index contributed by atoms with van der Waals surface area (Å²) in [5, 5.41) is 3.42. The average molecular weight is 213 g/mol. The Labute approximate surface area is 95.6 Å². The Morgan fingerprint density at radius 1 is 1.19 bits per heavy atom. The van der Waals surface area contributed by atoms with Crippen LogP contribution in [0.25, 0.3) is 0 Å². The third-order valence-corrected chi connectivity index (χ3v) is 2.53. The van der Waals surface area contributed by atoms with Crippen LogP contribution in [-0.2, 0) is 6.54 Å². The van der Waals surface area contributed by atoms with Crippen LogP contribution in [0.4, 0.5) is 0 Å². The molecule has 0 saturated heterocycles. The molecule has 82 valence electrons. The number of hydrogen-bond donors (Lipinski definition) is 1. The van der Waals surface area contributed by atoms with Crippen LogP contribution in [0.15, 0.2) is 48.9 Å². The Kier molecular flexibility index (Phi) is 3.62. The van der Waals surface area contributed by atoms with Gasteiger partial charge >= 0.3 is 0 Å². The number of benzene rings is 1. The molecule has 1 unspecified atom stereocenters. The molecule has 0 spiro atoms. The van der Waals surface area contributed by atoms with Gasteiger partial charge in [0.05, 0.1) is 5.69 Å². The molecule has 0 fully saturated rings. The van der Waals surface area contributed by atoms with Crippen molar-refractivity contribution in [2.24, 2.45) is 0 Å². The van der Waals surface area contributed by atoms with Crippen LogP contribution in [0.3, 0.4) is 0 Å². The molecule has 16 heavy (non-hydrogen) atoms. The summed E-state index contributed by atoms with van der Waals surface area (Å²) in [6, 6.07) is 12.6. The molecular formula is C13H15N3. The van der Waals surface area contributed by atoms with Crippen LogP contribution in [0.1, 0.15) is 24.2 Å². The molecule has 1 aromatic carbocycles. The van der Waals surface area contributed by atoms with E-state index in [-0.39, 0.29) is 0 Å². The van der Waals surface area contributed by atoms with Gasteiger partial charge in [-0.2, -0.15) is 0 Å². The van der Waals surface area contributed by atoms with E-state index in [1.54, 1.807) is 12.5 Å². The van der Waals surface area contributed by atoms with Crippen molar-refractivity contribution >= 4 is 0 Å². The van der Waals surface area contributed by atoms with E-state index in [9.17, 15) is 0 Å².